The summed E-state index contributed by atoms with van der Waals surface area (Å²) in [7, 11) is 0. The van der Waals surface area contributed by atoms with Crippen LogP contribution in [-0.2, 0) is 29.2 Å². The fourth-order valence-corrected chi connectivity index (χ4v) is 4.50. The molecule has 0 bridgehead atoms. The highest BCUT2D eigenvalue weighted by Gasteiger charge is 2.38. The first-order valence-corrected chi connectivity index (χ1v) is 12.6. The molecule has 0 saturated carbocycles. The molecule has 1 aromatic heterocycles. The van der Waals surface area contributed by atoms with Crippen molar-refractivity contribution in [2.75, 3.05) is 6.54 Å². The summed E-state index contributed by atoms with van der Waals surface area (Å²) >= 11 is 12.4. The molecule has 0 unspecified atom stereocenters. The highest BCUT2D eigenvalue weighted by atomic mass is 35.5. The van der Waals surface area contributed by atoms with Gasteiger partial charge in [0, 0.05) is 24.6 Å². The third-order valence-electron chi connectivity index (χ3n) is 6.28. The van der Waals surface area contributed by atoms with E-state index in [2.05, 4.69) is 22.5 Å². The Morgan fingerprint density at radius 3 is 2.31 bits per heavy atom. The summed E-state index contributed by atoms with van der Waals surface area (Å²) in [4.78, 5) is 15.8. The highest BCUT2D eigenvalue weighted by molar-refractivity contribution is 6.40. The van der Waals surface area contributed by atoms with Crippen LogP contribution in [0.2, 0.25) is 10.3 Å². The molecule has 36 heavy (non-hydrogen) atoms. The average Bonchev–Trinajstić information content (AvgIpc) is 3.21. The van der Waals surface area contributed by atoms with Crippen LogP contribution in [0.15, 0.2) is 54.9 Å². The van der Waals surface area contributed by atoms with Crippen LogP contribution in [0, 0.1) is 5.92 Å². The van der Waals surface area contributed by atoms with Crippen LogP contribution in [0.1, 0.15) is 48.5 Å². The van der Waals surface area contributed by atoms with E-state index in [1.54, 1.807) is 10.9 Å². The van der Waals surface area contributed by atoms with E-state index >= 15 is 0 Å². The van der Waals surface area contributed by atoms with Gasteiger partial charge in [-0.2, -0.15) is 0 Å². The number of nitrogens with zero attached hydrogens (tertiary/aromatic N) is 2. The van der Waals surface area contributed by atoms with Crippen molar-refractivity contribution in [2.24, 2.45) is 5.92 Å². The summed E-state index contributed by atoms with van der Waals surface area (Å²) in [5.74, 6) is -0.0148. The number of carbonyl (C=O) groups is 1. The minimum atomic E-state index is -0.614. The minimum Gasteiger partial charge on any atom is -0.392 e. The Hall–Kier alpha value is -2.62. The van der Waals surface area contributed by atoms with E-state index in [9.17, 15) is 9.90 Å². The number of benzene rings is 2. The van der Waals surface area contributed by atoms with Crippen LogP contribution in [0.25, 0.3) is 0 Å². The van der Waals surface area contributed by atoms with Gasteiger partial charge in [0.05, 0.1) is 31.7 Å². The number of hydrogen-bond donors (Lipinski definition) is 3. The highest BCUT2D eigenvalue weighted by Crippen LogP contribution is 2.42. The van der Waals surface area contributed by atoms with Crippen LogP contribution in [0.3, 0.4) is 0 Å². The predicted octanol–water partition coefficient (Wildman–Crippen LogP) is 4.99. The smallest absolute Gasteiger partial charge is 0.315 e. The van der Waals surface area contributed by atoms with Crippen molar-refractivity contribution in [2.45, 2.75) is 52.0 Å². The monoisotopic (exact) mass is 532 g/mol. The van der Waals surface area contributed by atoms with Gasteiger partial charge >= 0.3 is 6.03 Å². The van der Waals surface area contributed by atoms with Crippen molar-refractivity contribution >= 4 is 29.2 Å². The lowest BCUT2D eigenvalue weighted by Crippen LogP contribution is -2.39. The molecule has 3 N–H and O–H groups in total. The van der Waals surface area contributed by atoms with Gasteiger partial charge in [0.1, 0.15) is 5.15 Å². The zero-order chi connectivity index (χ0) is 25.7. The van der Waals surface area contributed by atoms with Gasteiger partial charge in [-0.15, -0.1) is 0 Å². The van der Waals surface area contributed by atoms with Crippen molar-refractivity contribution in [3.05, 3.63) is 87.4 Å². The number of aromatic nitrogens is 2. The van der Waals surface area contributed by atoms with Gasteiger partial charge in [0.25, 0.3) is 0 Å². The number of nitrogens with one attached hydrogen (secondary N) is 2. The number of amides is 2. The first kappa shape index (κ1) is 26.4. The number of aliphatic hydroxyl groups is 1. The number of aliphatic hydroxyl groups excluding tert-OH is 1. The second kappa shape index (κ2) is 12.1. The maximum absolute atomic E-state index is 11.7. The summed E-state index contributed by atoms with van der Waals surface area (Å²) in [5, 5.41) is 15.6. The number of urea groups is 1. The van der Waals surface area contributed by atoms with E-state index in [-0.39, 0.29) is 35.9 Å². The van der Waals surface area contributed by atoms with Gasteiger partial charge in [0.2, 0.25) is 0 Å². The SMILES string of the molecule is CCNC(=O)NCc1ccc([C@@H]2O[C@H](Cn3cnc(Cl)c3Cl)[C@H](C)[C@H](c3ccc(CO)cc3)O2)cc1. The molecule has 4 atom stereocenters. The fourth-order valence-electron chi connectivity index (χ4n) is 4.19. The molecule has 0 spiro atoms. The maximum atomic E-state index is 11.7. The standard InChI is InChI=1S/C26H30Cl2N4O4/c1-3-29-26(34)30-12-17-4-10-20(11-5-17)25-35-21(13-32-15-31-23(27)24(32)28)16(2)22(36-25)19-8-6-18(14-33)7-9-19/h4-11,15-16,21-22,25,33H,3,12-14H2,1-2H3,(H2,29,30,34)/t16-,21+,22+,25+/m0/s1. The van der Waals surface area contributed by atoms with Gasteiger partial charge in [-0.25, -0.2) is 9.78 Å². The molecule has 8 nitrogen and oxygen atoms in total. The van der Waals surface area contributed by atoms with Crippen LogP contribution in [0.4, 0.5) is 4.79 Å². The maximum Gasteiger partial charge on any atom is 0.315 e. The number of halogens is 2. The van der Waals surface area contributed by atoms with Crippen molar-refractivity contribution in [1.82, 2.24) is 20.2 Å². The van der Waals surface area contributed by atoms with Crippen molar-refractivity contribution < 1.29 is 19.4 Å². The van der Waals surface area contributed by atoms with Gasteiger partial charge in [0.15, 0.2) is 11.4 Å². The first-order chi connectivity index (χ1) is 17.4. The van der Waals surface area contributed by atoms with E-state index in [1.165, 1.54) is 0 Å². The molecule has 2 aromatic carbocycles. The van der Waals surface area contributed by atoms with Crippen LogP contribution < -0.4 is 10.6 Å². The number of rotatable bonds is 8. The summed E-state index contributed by atoms with van der Waals surface area (Å²) in [6, 6.07) is 15.3. The van der Waals surface area contributed by atoms with Crippen LogP contribution >= 0.6 is 23.2 Å². The van der Waals surface area contributed by atoms with Crippen molar-refractivity contribution in [3.8, 4) is 0 Å². The summed E-state index contributed by atoms with van der Waals surface area (Å²) in [5.41, 5.74) is 3.65. The van der Waals surface area contributed by atoms with E-state index in [1.807, 2.05) is 55.5 Å². The molecule has 1 saturated heterocycles. The van der Waals surface area contributed by atoms with Gasteiger partial charge < -0.3 is 29.8 Å². The van der Waals surface area contributed by atoms with Gasteiger partial charge in [-0.05, 0) is 23.6 Å². The molecular weight excluding hydrogens is 503 g/mol. The zero-order valence-electron chi connectivity index (χ0n) is 20.2. The third-order valence-corrected chi connectivity index (χ3v) is 7.04. The molecular formula is C26H30Cl2N4O4. The number of ether oxygens (including phenoxy) is 2. The fraction of sp³-hybridized carbons (Fsp3) is 0.385. The van der Waals surface area contributed by atoms with Crippen LogP contribution in [-0.4, -0.2) is 33.3 Å². The Labute approximate surface area is 220 Å². The molecule has 0 aliphatic carbocycles. The first-order valence-electron chi connectivity index (χ1n) is 11.9. The van der Waals surface area contributed by atoms with Gasteiger partial charge in [-0.1, -0.05) is 78.7 Å². The van der Waals surface area contributed by atoms with E-state index < -0.39 is 6.29 Å². The molecule has 3 aromatic rings. The quantitative estimate of drug-likeness (QED) is 0.379. The Morgan fingerprint density at radius 2 is 1.69 bits per heavy atom. The second-order valence-corrected chi connectivity index (χ2v) is 9.47. The molecule has 192 valence electrons. The number of carbonyl (C=O) groups excluding carboxylic acids is 1. The largest absolute Gasteiger partial charge is 0.392 e. The zero-order valence-corrected chi connectivity index (χ0v) is 21.7. The minimum absolute atomic E-state index is 0.0148. The molecule has 1 fully saturated rings. The van der Waals surface area contributed by atoms with E-state index in [0.29, 0.717) is 24.8 Å². The Morgan fingerprint density at radius 1 is 1.03 bits per heavy atom. The normalized spacial score (nSPS) is 21.8. The number of imidazole rings is 1. The molecule has 2 amide bonds. The van der Waals surface area contributed by atoms with Crippen molar-refractivity contribution in [1.29, 1.82) is 0 Å². The summed E-state index contributed by atoms with van der Waals surface area (Å²) in [6.45, 7) is 5.37. The lowest BCUT2D eigenvalue weighted by molar-refractivity contribution is -0.276. The number of hydrogen-bond acceptors (Lipinski definition) is 5. The lowest BCUT2D eigenvalue weighted by atomic mass is 9.90. The molecule has 2 heterocycles. The van der Waals surface area contributed by atoms with Crippen molar-refractivity contribution in [3.63, 3.8) is 0 Å². The third kappa shape index (κ3) is 6.19. The van der Waals surface area contributed by atoms with Gasteiger partial charge in [-0.3, -0.25) is 0 Å². The predicted molar refractivity (Wildman–Crippen MR) is 138 cm³/mol. The Bertz CT molecular complexity index is 1150. The molecule has 0 radical (unpaired) electrons. The molecule has 4 rings (SSSR count). The molecule has 1 aliphatic heterocycles. The molecule has 1 aliphatic rings. The Balaban J connectivity index is 1.55. The second-order valence-electron chi connectivity index (χ2n) is 8.76. The Kier molecular flexibility index (Phi) is 8.87. The van der Waals surface area contributed by atoms with E-state index in [4.69, 9.17) is 32.7 Å². The lowest BCUT2D eigenvalue weighted by Gasteiger charge is -2.41. The topological polar surface area (TPSA) is 97.6 Å². The molecule has 10 heteroatoms. The van der Waals surface area contributed by atoms with E-state index in [0.717, 1.165) is 22.3 Å². The average molecular weight is 533 g/mol. The van der Waals surface area contributed by atoms with Crippen LogP contribution in [0.5, 0.6) is 0 Å². The summed E-state index contributed by atoms with van der Waals surface area (Å²) < 4.78 is 14.7. The summed E-state index contributed by atoms with van der Waals surface area (Å²) in [6.07, 6.45) is 0.496.